The number of aliphatic hydroxyl groups excluding tert-OH is 1. The van der Waals surface area contributed by atoms with Gasteiger partial charge in [-0.3, -0.25) is 37.3 Å². The topological polar surface area (TPSA) is 237 Å². The number of hydrogen-bond donors (Lipinski definition) is 3. The highest BCUT2D eigenvalue weighted by Gasteiger charge is 2.30. The van der Waals surface area contributed by atoms with Crippen LogP contribution in [0.3, 0.4) is 0 Å². The van der Waals surface area contributed by atoms with Crippen molar-refractivity contribution in [1.82, 2.24) is 0 Å². The Kier molecular flexibility index (Phi) is 72.6. The number of phosphoric ester groups is 2. The Morgan fingerprint density at radius 1 is 0.274 bits per heavy atom. The zero-order valence-corrected chi connectivity index (χ0v) is 67.1. The highest BCUT2D eigenvalue weighted by molar-refractivity contribution is 7.47. The van der Waals surface area contributed by atoms with E-state index in [-0.39, 0.29) is 25.7 Å². The number of carbonyl (C=O) groups is 4. The summed E-state index contributed by atoms with van der Waals surface area (Å²) < 4.78 is 68.4. The summed E-state index contributed by atoms with van der Waals surface area (Å²) in [7, 11) is -10.0. The summed E-state index contributed by atoms with van der Waals surface area (Å²) in [4.78, 5) is 73.0. The molecule has 0 aliphatic carbocycles. The van der Waals surface area contributed by atoms with Gasteiger partial charge in [-0.2, -0.15) is 0 Å². The van der Waals surface area contributed by atoms with Crippen LogP contribution in [0.1, 0.15) is 272 Å². The third kappa shape index (κ3) is 76.1. The minimum absolute atomic E-state index is 0.0384. The van der Waals surface area contributed by atoms with Gasteiger partial charge >= 0.3 is 39.5 Å². The lowest BCUT2D eigenvalue weighted by molar-refractivity contribution is -0.161. The van der Waals surface area contributed by atoms with E-state index in [1.807, 2.05) is 12.2 Å². The standard InChI is InChI=1S/C87H138O17P2/c1-5-9-13-17-21-25-29-32-35-38-40-43-46-49-53-56-60-64-68-72-85(90)98-78-83(104-87(92)74-70-66-62-58-54-50-47-44-41-39-36-33-30-26-22-18-14-10-6-2)80-102-106(95,96)100-76-81(88)75-99-105(93,94)101-79-82(103-86(91)73-69-65-61-57-51-28-24-20-16-12-8-4)77-97-84(89)71-67-63-59-55-52-48-45-42-37-34-31-27-23-19-15-11-7-3/h9-11,13-15,20-27,32-37,40-41,43-45,48-50,53-55,59,81-83,88H,5-8,12,16-19,28-31,38-39,42,46-47,51-52,56-58,60-80H2,1-4H3,(H,93,94)(H,95,96)/b13-9-,14-10-,15-11-,24-20-,25-21-,26-22-,27-23-,35-32-,36-33-,37-34-,43-40-,44-41-,48-45-,53-49-,54-50-,59-55-. The Morgan fingerprint density at radius 3 is 0.811 bits per heavy atom. The monoisotopic (exact) mass is 1520 g/mol. The number of hydrogen-bond acceptors (Lipinski definition) is 15. The van der Waals surface area contributed by atoms with Gasteiger partial charge in [0.15, 0.2) is 12.2 Å². The fourth-order valence-electron chi connectivity index (χ4n) is 9.58. The van der Waals surface area contributed by atoms with Crippen molar-refractivity contribution in [2.45, 2.75) is 290 Å². The summed E-state index contributed by atoms with van der Waals surface area (Å²) in [5, 5.41) is 10.6. The van der Waals surface area contributed by atoms with Crippen molar-refractivity contribution < 1.29 is 80.2 Å². The molecule has 598 valence electrons. The van der Waals surface area contributed by atoms with E-state index in [1.165, 1.54) is 6.42 Å². The molecule has 0 bridgehead atoms. The summed E-state index contributed by atoms with van der Waals surface area (Å²) in [6, 6.07) is 0. The van der Waals surface area contributed by atoms with E-state index in [0.29, 0.717) is 32.1 Å². The summed E-state index contributed by atoms with van der Waals surface area (Å²) in [6.45, 7) is 4.31. The molecule has 19 heteroatoms. The molecule has 0 heterocycles. The third-order valence-corrected chi connectivity index (χ3v) is 17.4. The van der Waals surface area contributed by atoms with Crippen LogP contribution in [0.5, 0.6) is 0 Å². The van der Waals surface area contributed by atoms with Crippen LogP contribution in [0.4, 0.5) is 0 Å². The fourth-order valence-corrected chi connectivity index (χ4v) is 11.2. The maximum atomic E-state index is 13.1. The average molecular weight is 1520 g/mol. The Balaban J connectivity index is 5.49. The minimum Gasteiger partial charge on any atom is -0.462 e. The molecule has 3 N–H and O–H groups in total. The highest BCUT2D eigenvalue weighted by Crippen LogP contribution is 2.45. The van der Waals surface area contributed by atoms with E-state index in [2.05, 4.69) is 210 Å². The number of aliphatic hydroxyl groups is 1. The highest BCUT2D eigenvalue weighted by atomic mass is 31.2. The number of ether oxygens (including phenoxy) is 4. The van der Waals surface area contributed by atoms with Gasteiger partial charge in [0.1, 0.15) is 19.3 Å². The van der Waals surface area contributed by atoms with Gasteiger partial charge in [-0.1, -0.05) is 267 Å². The van der Waals surface area contributed by atoms with Crippen LogP contribution in [0, 0.1) is 0 Å². The molecule has 0 aliphatic heterocycles. The Bertz CT molecular complexity index is 2780. The molecule has 0 spiro atoms. The van der Waals surface area contributed by atoms with Gasteiger partial charge in [-0.05, 0) is 173 Å². The van der Waals surface area contributed by atoms with Gasteiger partial charge in [0, 0.05) is 25.7 Å². The van der Waals surface area contributed by atoms with Crippen molar-refractivity contribution in [2.75, 3.05) is 39.6 Å². The minimum atomic E-state index is -5.01. The van der Waals surface area contributed by atoms with E-state index < -0.39 is 97.5 Å². The molecule has 0 amide bonds. The largest absolute Gasteiger partial charge is 0.472 e. The normalized spacial score (nSPS) is 14.9. The zero-order chi connectivity index (χ0) is 77.4. The number of unbranched alkanes of at least 4 members (excludes halogenated alkanes) is 14. The van der Waals surface area contributed by atoms with Gasteiger partial charge in [-0.15, -0.1) is 0 Å². The molecule has 0 aliphatic rings. The molecule has 17 nitrogen and oxygen atoms in total. The molecule has 0 fully saturated rings. The lowest BCUT2D eigenvalue weighted by atomic mass is 10.1. The first-order valence-electron chi connectivity index (χ1n) is 39.7. The van der Waals surface area contributed by atoms with Crippen LogP contribution in [-0.2, 0) is 65.4 Å². The Hall–Kier alpha value is -6.10. The fraction of sp³-hybridized carbons (Fsp3) is 0.586. The molecule has 0 saturated heterocycles. The second-order valence-electron chi connectivity index (χ2n) is 25.5. The maximum absolute atomic E-state index is 13.1. The van der Waals surface area contributed by atoms with Gasteiger partial charge in [0.2, 0.25) is 0 Å². The van der Waals surface area contributed by atoms with Gasteiger partial charge < -0.3 is 33.8 Å². The van der Waals surface area contributed by atoms with Crippen LogP contribution in [0.2, 0.25) is 0 Å². The van der Waals surface area contributed by atoms with Gasteiger partial charge in [0.05, 0.1) is 26.4 Å². The molecule has 0 aromatic rings. The van der Waals surface area contributed by atoms with Crippen LogP contribution in [0.15, 0.2) is 194 Å². The Morgan fingerprint density at radius 2 is 0.500 bits per heavy atom. The van der Waals surface area contributed by atoms with Crippen molar-refractivity contribution >= 4 is 39.5 Å². The molecule has 0 radical (unpaired) electrons. The zero-order valence-electron chi connectivity index (χ0n) is 65.3. The number of phosphoric acid groups is 2. The molecule has 106 heavy (non-hydrogen) atoms. The lowest BCUT2D eigenvalue weighted by Crippen LogP contribution is -2.30. The molecule has 0 rings (SSSR count). The van der Waals surface area contributed by atoms with Crippen LogP contribution in [-0.4, -0.2) is 96.7 Å². The molecule has 5 unspecified atom stereocenters. The average Bonchev–Trinajstić information content (AvgIpc) is 0.901. The second kappa shape index (κ2) is 77.1. The first-order chi connectivity index (χ1) is 51.7. The molecular weight excluding hydrogens is 1380 g/mol. The van der Waals surface area contributed by atoms with E-state index >= 15 is 0 Å². The molecule has 5 atom stereocenters. The maximum Gasteiger partial charge on any atom is 0.472 e. The van der Waals surface area contributed by atoms with Crippen molar-refractivity contribution in [1.29, 1.82) is 0 Å². The number of carbonyl (C=O) groups excluding carboxylic acids is 4. The number of esters is 4. The molecule has 0 aromatic carbocycles. The van der Waals surface area contributed by atoms with Crippen LogP contribution in [0.25, 0.3) is 0 Å². The third-order valence-electron chi connectivity index (χ3n) is 15.5. The SMILES string of the molecule is CC/C=C\C/C=C\C/C=C\C/C=C\C/C=C\CCCCCC(=O)OCC(COP(=O)(O)OCC(O)COP(=O)(O)OCC(COC(=O)CCC/C=C\C/C=C\C/C=C\C/C=C\C/C=C\CC)OC(=O)CCCCCCC/C=C\CCCC)OC(=O)CCCCC/C=C\C/C=C\C/C=C\C/C=C\C/C=C\CC. The van der Waals surface area contributed by atoms with E-state index in [4.69, 9.17) is 37.0 Å². The van der Waals surface area contributed by atoms with Gasteiger partial charge in [-0.25, -0.2) is 9.13 Å². The number of allylic oxidation sites excluding steroid dienone is 32. The Labute approximate surface area is 640 Å². The van der Waals surface area contributed by atoms with Gasteiger partial charge in [0.25, 0.3) is 0 Å². The number of rotatable bonds is 72. The van der Waals surface area contributed by atoms with Crippen molar-refractivity contribution in [3.63, 3.8) is 0 Å². The van der Waals surface area contributed by atoms with E-state index in [1.54, 1.807) is 0 Å². The van der Waals surface area contributed by atoms with Crippen LogP contribution >= 0.6 is 15.6 Å². The second-order valence-corrected chi connectivity index (χ2v) is 28.4. The van der Waals surface area contributed by atoms with Crippen LogP contribution < -0.4 is 0 Å². The first kappa shape index (κ1) is 99.9. The smallest absolute Gasteiger partial charge is 0.462 e. The summed E-state index contributed by atoms with van der Waals surface area (Å²) in [5.41, 5.74) is 0. The quantitative estimate of drug-likeness (QED) is 0.0169. The molecular formula is C87H138O17P2. The predicted octanol–water partition coefficient (Wildman–Crippen LogP) is 23.3. The molecule has 0 saturated carbocycles. The van der Waals surface area contributed by atoms with Crippen molar-refractivity contribution in [2.24, 2.45) is 0 Å². The first-order valence-corrected chi connectivity index (χ1v) is 42.7. The lowest BCUT2D eigenvalue weighted by Gasteiger charge is -2.21. The van der Waals surface area contributed by atoms with Crippen molar-refractivity contribution in [3.8, 4) is 0 Å². The summed E-state index contributed by atoms with van der Waals surface area (Å²) in [6.07, 6.45) is 94.3. The predicted molar refractivity (Wildman–Crippen MR) is 436 cm³/mol. The van der Waals surface area contributed by atoms with E-state index in [9.17, 15) is 43.2 Å². The summed E-state index contributed by atoms with van der Waals surface area (Å²) >= 11 is 0. The van der Waals surface area contributed by atoms with Crippen molar-refractivity contribution in [3.05, 3.63) is 194 Å². The molecule has 0 aromatic heterocycles. The van der Waals surface area contributed by atoms with E-state index in [0.717, 1.165) is 180 Å². The summed E-state index contributed by atoms with van der Waals surface area (Å²) in [5.74, 6) is -2.35.